The first-order chi connectivity index (χ1) is 9.41. The summed E-state index contributed by atoms with van der Waals surface area (Å²) in [6.45, 7) is 2.91. The molecule has 2 aliphatic rings. The Morgan fingerprint density at radius 3 is 2.70 bits per heavy atom. The Hall–Kier alpha value is -0.210. The van der Waals surface area contributed by atoms with Gasteiger partial charge in [-0.25, -0.2) is 12.7 Å². The predicted octanol–water partition coefficient (Wildman–Crippen LogP) is -0.211. The van der Waals surface area contributed by atoms with Crippen molar-refractivity contribution in [3.05, 3.63) is 0 Å². The summed E-state index contributed by atoms with van der Waals surface area (Å²) in [4.78, 5) is 0. The van der Waals surface area contributed by atoms with Crippen LogP contribution in [0.4, 0.5) is 0 Å². The normalized spacial score (nSPS) is 27.6. The van der Waals surface area contributed by atoms with Crippen LogP contribution in [-0.2, 0) is 14.8 Å². The third-order valence-corrected chi connectivity index (χ3v) is 6.23. The van der Waals surface area contributed by atoms with Crippen molar-refractivity contribution in [2.45, 2.75) is 31.3 Å². The molecule has 0 aliphatic carbocycles. The van der Waals surface area contributed by atoms with Gasteiger partial charge >= 0.3 is 0 Å². The molecule has 0 bridgehead atoms. The zero-order valence-corrected chi connectivity index (χ0v) is 13.0. The second-order valence-corrected chi connectivity index (χ2v) is 8.20. The van der Waals surface area contributed by atoms with Crippen LogP contribution in [0, 0.1) is 5.92 Å². The molecule has 0 aromatic heterocycles. The Kier molecular flexibility index (Phi) is 5.42. The van der Waals surface area contributed by atoms with E-state index >= 15 is 0 Å². The molecule has 2 heterocycles. The molecule has 20 heavy (non-hydrogen) atoms. The van der Waals surface area contributed by atoms with Gasteiger partial charge in [0.15, 0.2) is 0 Å². The van der Waals surface area contributed by atoms with E-state index in [1.54, 1.807) is 7.05 Å². The molecule has 1 unspecified atom stereocenters. The Balaban J connectivity index is 1.90. The van der Waals surface area contributed by atoms with E-state index in [0.717, 1.165) is 25.9 Å². The van der Waals surface area contributed by atoms with Crippen molar-refractivity contribution >= 4 is 10.0 Å². The Labute approximate surface area is 121 Å². The second kappa shape index (κ2) is 6.70. The van der Waals surface area contributed by atoms with E-state index < -0.39 is 15.6 Å². The van der Waals surface area contributed by atoms with Gasteiger partial charge in [-0.2, -0.15) is 0 Å². The molecule has 2 rings (SSSR count). The zero-order valence-electron chi connectivity index (χ0n) is 12.2. The molecule has 2 N–H and O–H groups in total. The third kappa shape index (κ3) is 4.39. The van der Waals surface area contributed by atoms with Crippen molar-refractivity contribution in [3.63, 3.8) is 0 Å². The van der Waals surface area contributed by atoms with Crippen molar-refractivity contribution in [3.8, 4) is 0 Å². The Morgan fingerprint density at radius 1 is 1.40 bits per heavy atom. The average Bonchev–Trinajstić information content (AvgIpc) is 2.39. The van der Waals surface area contributed by atoms with Crippen LogP contribution in [0.15, 0.2) is 0 Å². The number of sulfonamides is 1. The molecule has 0 saturated carbocycles. The van der Waals surface area contributed by atoms with Crippen LogP contribution in [0.5, 0.6) is 0 Å². The Bertz CT molecular complexity index is 401. The van der Waals surface area contributed by atoms with Crippen molar-refractivity contribution in [2.75, 3.05) is 45.6 Å². The van der Waals surface area contributed by atoms with Crippen LogP contribution < -0.4 is 5.32 Å². The molecular formula is C13H26N2O4S. The first-order valence-corrected chi connectivity index (χ1v) is 8.97. The van der Waals surface area contributed by atoms with E-state index in [-0.39, 0.29) is 18.2 Å². The van der Waals surface area contributed by atoms with Gasteiger partial charge in [0, 0.05) is 39.6 Å². The van der Waals surface area contributed by atoms with Crippen LogP contribution in [0.3, 0.4) is 0 Å². The molecule has 2 saturated heterocycles. The first kappa shape index (κ1) is 16.2. The monoisotopic (exact) mass is 306 g/mol. The lowest BCUT2D eigenvalue weighted by molar-refractivity contribution is -0.0689. The largest absolute Gasteiger partial charge is 0.388 e. The smallest absolute Gasteiger partial charge is 0.214 e. The minimum absolute atomic E-state index is 0.166. The van der Waals surface area contributed by atoms with Gasteiger partial charge in [0.25, 0.3) is 0 Å². The van der Waals surface area contributed by atoms with Gasteiger partial charge in [-0.05, 0) is 31.8 Å². The van der Waals surface area contributed by atoms with Crippen LogP contribution >= 0.6 is 0 Å². The molecule has 2 aliphatic heterocycles. The van der Waals surface area contributed by atoms with E-state index in [2.05, 4.69) is 5.32 Å². The van der Waals surface area contributed by atoms with E-state index in [9.17, 15) is 13.5 Å². The third-order valence-electron chi connectivity index (χ3n) is 4.26. The number of ether oxygens (including phenoxy) is 1. The number of rotatable bonds is 5. The van der Waals surface area contributed by atoms with E-state index in [0.29, 0.717) is 26.1 Å². The minimum Gasteiger partial charge on any atom is -0.388 e. The molecule has 118 valence electrons. The van der Waals surface area contributed by atoms with Crippen molar-refractivity contribution in [1.29, 1.82) is 0 Å². The summed E-state index contributed by atoms with van der Waals surface area (Å²) in [5.41, 5.74) is -0.940. The summed E-state index contributed by atoms with van der Waals surface area (Å²) in [6.07, 6.45) is 2.99. The van der Waals surface area contributed by atoms with Gasteiger partial charge < -0.3 is 15.2 Å². The fourth-order valence-electron chi connectivity index (χ4n) is 2.91. The molecule has 2 fully saturated rings. The maximum atomic E-state index is 12.4. The lowest BCUT2D eigenvalue weighted by Crippen LogP contribution is -2.48. The number of piperidine rings is 1. The standard InChI is InChI=1S/C13H26N2O4S/c1-15(11-13(16)4-7-19-8-5-13)20(17,18)10-12-3-2-6-14-9-12/h12,14,16H,2-11H2,1H3. The molecule has 0 amide bonds. The zero-order chi connectivity index (χ0) is 14.6. The minimum atomic E-state index is -3.30. The summed E-state index contributed by atoms with van der Waals surface area (Å²) < 4.78 is 31.3. The summed E-state index contributed by atoms with van der Waals surface area (Å²) in [5.74, 6) is 0.351. The fraction of sp³-hybridized carbons (Fsp3) is 1.00. The molecule has 0 spiro atoms. The molecule has 1 atom stereocenters. The van der Waals surface area contributed by atoms with E-state index in [4.69, 9.17) is 4.74 Å². The van der Waals surface area contributed by atoms with Gasteiger partial charge in [-0.1, -0.05) is 0 Å². The van der Waals surface area contributed by atoms with Gasteiger partial charge in [0.2, 0.25) is 10.0 Å². The number of hydrogen-bond acceptors (Lipinski definition) is 5. The van der Waals surface area contributed by atoms with E-state index in [1.165, 1.54) is 4.31 Å². The van der Waals surface area contributed by atoms with E-state index in [1.807, 2.05) is 0 Å². The lowest BCUT2D eigenvalue weighted by Gasteiger charge is -2.35. The summed E-state index contributed by atoms with van der Waals surface area (Å²) in [6, 6.07) is 0. The maximum Gasteiger partial charge on any atom is 0.214 e. The average molecular weight is 306 g/mol. The highest BCUT2D eigenvalue weighted by atomic mass is 32.2. The molecule has 0 aromatic rings. The van der Waals surface area contributed by atoms with Crippen molar-refractivity contribution < 1.29 is 18.3 Å². The van der Waals surface area contributed by atoms with Gasteiger partial charge in [-0.15, -0.1) is 0 Å². The van der Waals surface area contributed by atoms with Crippen LogP contribution in [-0.4, -0.2) is 69.1 Å². The lowest BCUT2D eigenvalue weighted by atomic mass is 9.95. The second-order valence-electron chi connectivity index (χ2n) is 6.08. The fourth-order valence-corrected chi connectivity index (χ4v) is 4.49. The molecular weight excluding hydrogens is 280 g/mol. The number of likely N-dealkylation sites (N-methyl/N-ethyl adjacent to an activating group) is 1. The number of nitrogens with zero attached hydrogens (tertiary/aromatic N) is 1. The Morgan fingerprint density at radius 2 is 2.10 bits per heavy atom. The molecule has 0 radical (unpaired) electrons. The molecule has 0 aromatic carbocycles. The highest BCUT2D eigenvalue weighted by Crippen LogP contribution is 2.23. The molecule has 7 heteroatoms. The summed E-state index contributed by atoms with van der Waals surface area (Å²) >= 11 is 0. The van der Waals surface area contributed by atoms with Gasteiger partial charge in [-0.3, -0.25) is 0 Å². The van der Waals surface area contributed by atoms with Crippen LogP contribution in [0.25, 0.3) is 0 Å². The van der Waals surface area contributed by atoms with Crippen molar-refractivity contribution in [2.24, 2.45) is 5.92 Å². The van der Waals surface area contributed by atoms with Gasteiger partial charge in [0.1, 0.15) is 0 Å². The summed E-state index contributed by atoms with van der Waals surface area (Å²) in [7, 11) is -1.74. The highest BCUT2D eigenvalue weighted by molar-refractivity contribution is 7.89. The number of hydrogen-bond donors (Lipinski definition) is 2. The quantitative estimate of drug-likeness (QED) is 0.735. The van der Waals surface area contributed by atoms with Crippen LogP contribution in [0.2, 0.25) is 0 Å². The summed E-state index contributed by atoms with van der Waals surface area (Å²) in [5, 5.41) is 13.6. The number of nitrogens with one attached hydrogen (secondary N) is 1. The van der Waals surface area contributed by atoms with Crippen LogP contribution in [0.1, 0.15) is 25.7 Å². The SMILES string of the molecule is CN(CC1(O)CCOCC1)S(=O)(=O)CC1CCCNC1. The number of aliphatic hydroxyl groups is 1. The maximum absolute atomic E-state index is 12.4. The highest BCUT2D eigenvalue weighted by Gasteiger charge is 2.35. The topological polar surface area (TPSA) is 78.9 Å². The van der Waals surface area contributed by atoms with Gasteiger partial charge in [0.05, 0.1) is 11.4 Å². The first-order valence-electron chi connectivity index (χ1n) is 7.36. The van der Waals surface area contributed by atoms with Crippen molar-refractivity contribution in [1.82, 2.24) is 9.62 Å². The molecule has 6 nitrogen and oxygen atoms in total. The predicted molar refractivity (Wildman–Crippen MR) is 77.0 cm³/mol.